The van der Waals surface area contributed by atoms with Crippen molar-refractivity contribution in [3.63, 3.8) is 0 Å². The fourth-order valence-corrected chi connectivity index (χ4v) is 2.33. The largest absolute Gasteiger partial charge is 0.508 e. The van der Waals surface area contributed by atoms with Crippen LogP contribution in [0.2, 0.25) is 0 Å². The second-order valence-electron chi connectivity index (χ2n) is 5.15. The topological polar surface area (TPSA) is 102 Å². The zero-order valence-corrected chi connectivity index (χ0v) is 12.2. The molecule has 0 saturated heterocycles. The van der Waals surface area contributed by atoms with E-state index in [4.69, 9.17) is 11.5 Å². The number of carbonyl (C=O) groups excluding carboxylic acids is 1. The first-order valence-corrected chi connectivity index (χ1v) is 7.00. The van der Waals surface area contributed by atoms with E-state index in [0.717, 1.165) is 22.3 Å². The third-order valence-electron chi connectivity index (χ3n) is 3.60. The van der Waals surface area contributed by atoms with Gasteiger partial charge in [-0.3, -0.25) is 4.79 Å². The number of amides is 1. The van der Waals surface area contributed by atoms with Gasteiger partial charge in [-0.2, -0.15) is 0 Å². The molecule has 0 fully saturated rings. The Labute approximate surface area is 133 Å². The quantitative estimate of drug-likeness (QED) is 0.692. The van der Waals surface area contributed by atoms with Crippen molar-refractivity contribution < 1.29 is 9.90 Å². The van der Waals surface area contributed by atoms with Crippen molar-refractivity contribution in [2.24, 2.45) is 5.73 Å². The second kappa shape index (κ2) is 5.81. The molecular weight excluding hydrogens is 290 g/mol. The monoisotopic (exact) mass is 305 g/mol. The highest BCUT2D eigenvalue weighted by atomic mass is 16.3. The summed E-state index contributed by atoms with van der Waals surface area (Å²) in [6, 6.07) is 15.7. The van der Waals surface area contributed by atoms with Gasteiger partial charge in [0.1, 0.15) is 11.6 Å². The van der Waals surface area contributed by atoms with E-state index in [1.807, 2.05) is 18.2 Å². The molecule has 5 N–H and O–H groups in total. The lowest BCUT2D eigenvalue weighted by molar-refractivity contribution is 0.100. The highest BCUT2D eigenvalue weighted by molar-refractivity contribution is 5.93. The van der Waals surface area contributed by atoms with Crippen molar-refractivity contribution in [3.05, 3.63) is 66.4 Å². The molecule has 114 valence electrons. The summed E-state index contributed by atoms with van der Waals surface area (Å²) < 4.78 is 0. The molecule has 3 aromatic rings. The first-order valence-electron chi connectivity index (χ1n) is 7.00. The third kappa shape index (κ3) is 2.98. The zero-order valence-electron chi connectivity index (χ0n) is 12.2. The van der Waals surface area contributed by atoms with Gasteiger partial charge in [0.25, 0.3) is 0 Å². The summed E-state index contributed by atoms with van der Waals surface area (Å²) >= 11 is 0. The SMILES string of the molecule is NC(=O)c1ccc(-c2cnc(N)c(-c3ccc(O)cc3)c2)cc1. The molecular formula is C18H15N3O2. The van der Waals surface area contributed by atoms with E-state index in [1.165, 1.54) is 0 Å². The van der Waals surface area contributed by atoms with Crippen LogP contribution in [-0.2, 0) is 0 Å². The number of pyridine rings is 1. The van der Waals surface area contributed by atoms with Crippen LogP contribution in [0.15, 0.2) is 60.8 Å². The molecule has 0 saturated carbocycles. The molecule has 0 bridgehead atoms. The molecule has 2 aromatic carbocycles. The molecule has 1 aromatic heterocycles. The third-order valence-corrected chi connectivity index (χ3v) is 3.60. The summed E-state index contributed by atoms with van der Waals surface area (Å²) in [6.45, 7) is 0. The van der Waals surface area contributed by atoms with Crippen molar-refractivity contribution in [2.75, 3.05) is 5.73 Å². The molecule has 0 aliphatic rings. The number of hydrogen-bond donors (Lipinski definition) is 3. The maximum absolute atomic E-state index is 11.1. The van der Waals surface area contributed by atoms with Gasteiger partial charge in [0.2, 0.25) is 5.91 Å². The Morgan fingerprint density at radius 3 is 2.13 bits per heavy atom. The van der Waals surface area contributed by atoms with Gasteiger partial charge in [-0.15, -0.1) is 0 Å². The van der Waals surface area contributed by atoms with E-state index in [2.05, 4.69) is 4.98 Å². The molecule has 0 unspecified atom stereocenters. The Morgan fingerprint density at radius 2 is 1.52 bits per heavy atom. The number of phenols is 1. The summed E-state index contributed by atoms with van der Waals surface area (Å²) in [5.74, 6) is 0.142. The number of nitrogens with two attached hydrogens (primary N) is 2. The number of phenolic OH excluding ortho intramolecular Hbond substituents is 1. The molecule has 0 aliphatic carbocycles. The van der Waals surface area contributed by atoms with E-state index in [0.29, 0.717) is 11.4 Å². The van der Waals surface area contributed by atoms with Crippen molar-refractivity contribution >= 4 is 11.7 Å². The van der Waals surface area contributed by atoms with Crippen molar-refractivity contribution in [1.82, 2.24) is 4.98 Å². The van der Waals surface area contributed by atoms with Gasteiger partial charge < -0.3 is 16.6 Å². The summed E-state index contributed by atoms with van der Waals surface area (Å²) in [6.07, 6.45) is 1.68. The summed E-state index contributed by atoms with van der Waals surface area (Å²) in [4.78, 5) is 15.4. The van der Waals surface area contributed by atoms with E-state index in [-0.39, 0.29) is 5.75 Å². The summed E-state index contributed by atoms with van der Waals surface area (Å²) in [7, 11) is 0. The van der Waals surface area contributed by atoms with Crippen LogP contribution in [0.1, 0.15) is 10.4 Å². The van der Waals surface area contributed by atoms with Gasteiger partial charge in [0.15, 0.2) is 0 Å². The number of nitrogen functional groups attached to an aromatic ring is 1. The first kappa shape index (κ1) is 14.6. The number of benzene rings is 2. The van der Waals surface area contributed by atoms with E-state index >= 15 is 0 Å². The van der Waals surface area contributed by atoms with Crippen LogP contribution >= 0.6 is 0 Å². The highest BCUT2D eigenvalue weighted by Gasteiger charge is 2.08. The fourth-order valence-electron chi connectivity index (χ4n) is 2.33. The molecule has 5 nitrogen and oxygen atoms in total. The van der Waals surface area contributed by atoms with Gasteiger partial charge in [-0.1, -0.05) is 24.3 Å². The first-order chi connectivity index (χ1) is 11.0. The fraction of sp³-hybridized carbons (Fsp3) is 0. The predicted octanol–water partition coefficient (Wildman–Crippen LogP) is 2.80. The van der Waals surface area contributed by atoms with Crippen molar-refractivity contribution in [1.29, 1.82) is 0 Å². The molecule has 0 radical (unpaired) electrons. The van der Waals surface area contributed by atoms with Gasteiger partial charge in [-0.25, -0.2) is 4.98 Å². The maximum Gasteiger partial charge on any atom is 0.248 e. The molecule has 23 heavy (non-hydrogen) atoms. The van der Waals surface area contributed by atoms with Crippen LogP contribution in [-0.4, -0.2) is 16.0 Å². The summed E-state index contributed by atoms with van der Waals surface area (Å²) in [5.41, 5.74) is 15.1. The van der Waals surface area contributed by atoms with E-state index in [1.54, 1.807) is 42.6 Å². The number of aromatic nitrogens is 1. The van der Waals surface area contributed by atoms with Crippen LogP contribution < -0.4 is 11.5 Å². The predicted molar refractivity (Wildman–Crippen MR) is 89.7 cm³/mol. The Balaban J connectivity index is 2.03. The average Bonchev–Trinajstić information content (AvgIpc) is 2.56. The lowest BCUT2D eigenvalue weighted by Crippen LogP contribution is -2.10. The zero-order chi connectivity index (χ0) is 16.4. The number of anilines is 1. The number of primary amides is 1. The van der Waals surface area contributed by atoms with Crippen LogP contribution in [0.3, 0.4) is 0 Å². The molecule has 0 spiro atoms. The van der Waals surface area contributed by atoms with Crippen LogP contribution in [0.5, 0.6) is 5.75 Å². The number of rotatable bonds is 3. The van der Waals surface area contributed by atoms with Crippen molar-refractivity contribution in [2.45, 2.75) is 0 Å². The van der Waals surface area contributed by atoms with E-state index < -0.39 is 5.91 Å². The van der Waals surface area contributed by atoms with Gasteiger partial charge in [0.05, 0.1) is 0 Å². The minimum absolute atomic E-state index is 0.193. The minimum Gasteiger partial charge on any atom is -0.508 e. The Hall–Kier alpha value is -3.34. The molecule has 1 amide bonds. The molecule has 1 heterocycles. The number of hydrogen-bond acceptors (Lipinski definition) is 4. The van der Waals surface area contributed by atoms with Crippen LogP contribution in [0.25, 0.3) is 22.3 Å². The van der Waals surface area contributed by atoms with Crippen molar-refractivity contribution in [3.8, 4) is 28.0 Å². The van der Waals surface area contributed by atoms with Gasteiger partial charge in [0, 0.05) is 22.9 Å². The summed E-state index contributed by atoms with van der Waals surface area (Å²) in [5, 5.41) is 9.39. The minimum atomic E-state index is -0.461. The Bertz CT molecular complexity index is 856. The average molecular weight is 305 g/mol. The standard InChI is InChI=1S/C18H15N3O2/c19-17-16(12-5-7-15(22)8-6-12)9-14(10-21-17)11-1-3-13(4-2-11)18(20)23/h1-10,22H,(H2,19,21)(H2,20,23). The maximum atomic E-state index is 11.1. The smallest absolute Gasteiger partial charge is 0.248 e. The molecule has 3 rings (SSSR count). The molecule has 5 heteroatoms. The Morgan fingerprint density at radius 1 is 0.913 bits per heavy atom. The van der Waals surface area contributed by atoms with Gasteiger partial charge >= 0.3 is 0 Å². The highest BCUT2D eigenvalue weighted by Crippen LogP contribution is 2.30. The lowest BCUT2D eigenvalue weighted by atomic mass is 10.00. The second-order valence-corrected chi connectivity index (χ2v) is 5.15. The number of nitrogens with zero attached hydrogens (tertiary/aromatic N) is 1. The lowest BCUT2D eigenvalue weighted by Gasteiger charge is -2.09. The molecule has 0 aliphatic heterocycles. The van der Waals surface area contributed by atoms with Gasteiger partial charge in [-0.05, 0) is 41.5 Å². The number of aromatic hydroxyl groups is 1. The van der Waals surface area contributed by atoms with Crippen LogP contribution in [0.4, 0.5) is 5.82 Å². The molecule has 0 atom stereocenters. The Kier molecular flexibility index (Phi) is 3.68. The number of carbonyl (C=O) groups is 1. The normalized spacial score (nSPS) is 10.4. The van der Waals surface area contributed by atoms with Crippen LogP contribution in [0, 0.1) is 0 Å². The van der Waals surface area contributed by atoms with E-state index in [9.17, 15) is 9.90 Å².